The van der Waals surface area contributed by atoms with Gasteiger partial charge in [-0.25, -0.2) is 4.98 Å². The van der Waals surface area contributed by atoms with E-state index in [0.29, 0.717) is 23.9 Å². The maximum atomic E-state index is 11.9. The number of benzene rings is 1. The van der Waals surface area contributed by atoms with E-state index in [1.807, 2.05) is 12.1 Å². The number of nitrogens with one attached hydrogen (secondary N) is 1. The number of aromatic nitrogens is 1. The number of hydrogen-bond donors (Lipinski definition) is 2. The fraction of sp³-hybridized carbons (Fsp3) is 0.214. The molecule has 0 saturated heterocycles. The van der Waals surface area contributed by atoms with Crippen LogP contribution >= 0.6 is 15.9 Å². The van der Waals surface area contributed by atoms with Gasteiger partial charge in [0.05, 0.1) is 10.5 Å². The molecule has 7 heteroatoms. The monoisotopic (exact) mass is 346 g/mol. The number of oxazole rings is 1. The summed E-state index contributed by atoms with van der Waals surface area (Å²) in [6.07, 6.45) is 2.66. The molecule has 1 fully saturated rings. The lowest BCUT2D eigenvalue weighted by Gasteiger charge is -2.08. The van der Waals surface area contributed by atoms with E-state index in [4.69, 9.17) is 15.4 Å². The van der Waals surface area contributed by atoms with Gasteiger partial charge in [0.25, 0.3) is 5.91 Å². The minimum absolute atomic E-state index is 0.0424. The number of carbonyl (C=O) groups excluding carboxylic acids is 1. The summed E-state index contributed by atoms with van der Waals surface area (Å²) in [7, 11) is 0. The van der Waals surface area contributed by atoms with Gasteiger partial charge in [-0.2, -0.15) is 5.26 Å². The Morgan fingerprint density at radius 3 is 2.95 bits per heavy atom. The van der Waals surface area contributed by atoms with Crippen molar-refractivity contribution in [3.63, 3.8) is 0 Å². The van der Waals surface area contributed by atoms with Crippen molar-refractivity contribution in [2.45, 2.75) is 18.4 Å². The zero-order valence-electron chi connectivity index (χ0n) is 10.9. The molecule has 1 aromatic carbocycles. The van der Waals surface area contributed by atoms with Crippen molar-refractivity contribution in [3.05, 3.63) is 34.3 Å². The highest BCUT2D eigenvalue weighted by Crippen LogP contribution is 2.34. The molecule has 1 aromatic heterocycles. The largest absolute Gasteiger partial charge is 0.435 e. The number of amides is 1. The Labute approximate surface area is 128 Å². The Balaban J connectivity index is 1.84. The summed E-state index contributed by atoms with van der Waals surface area (Å²) in [6.45, 7) is 0. The van der Waals surface area contributed by atoms with E-state index in [9.17, 15) is 4.79 Å². The topological polar surface area (TPSA) is 105 Å². The Morgan fingerprint density at radius 2 is 2.33 bits per heavy atom. The van der Waals surface area contributed by atoms with Crippen LogP contribution in [0, 0.1) is 11.3 Å². The molecule has 0 radical (unpaired) electrons. The van der Waals surface area contributed by atoms with Crippen molar-refractivity contribution in [3.8, 4) is 6.07 Å². The van der Waals surface area contributed by atoms with E-state index in [1.165, 1.54) is 6.08 Å². The van der Waals surface area contributed by atoms with E-state index in [-0.39, 0.29) is 11.6 Å². The fourth-order valence-corrected chi connectivity index (χ4v) is 2.31. The molecule has 3 rings (SSSR count). The maximum absolute atomic E-state index is 11.9. The smallest absolute Gasteiger partial charge is 0.268 e. The van der Waals surface area contributed by atoms with Gasteiger partial charge in [-0.15, -0.1) is 0 Å². The summed E-state index contributed by atoms with van der Waals surface area (Å²) in [4.78, 5) is 16.1. The van der Waals surface area contributed by atoms with Crippen LogP contribution in [0.4, 0.5) is 0 Å². The first-order valence-corrected chi connectivity index (χ1v) is 7.08. The van der Waals surface area contributed by atoms with Gasteiger partial charge in [0, 0.05) is 6.08 Å². The van der Waals surface area contributed by atoms with Gasteiger partial charge in [-0.3, -0.25) is 4.79 Å². The van der Waals surface area contributed by atoms with Gasteiger partial charge >= 0.3 is 0 Å². The lowest BCUT2D eigenvalue weighted by molar-refractivity contribution is -0.118. The lowest BCUT2D eigenvalue weighted by Crippen LogP contribution is -2.38. The standard InChI is InChI=1S/C14H11BrN4O2/c15-8-2-1-3-10-12(8)21-11(18-10)6-9(17)13(20)19-14(7-16)4-5-14/h1-3,6H,4-5,17H2,(H,19,20). The lowest BCUT2D eigenvalue weighted by atomic mass is 10.3. The second-order valence-electron chi connectivity index (χ2n) is 4.89. The molecule has 0 unspecified atom stereocenters. The van der Waals surface area contributed by atoms with Crippen molar-refractivity contribution in [1.82, 2.24) is 10.3 Å². The zero-order valence-corrected chi connectivity index (χ0v) is 12.5. The van der Waals surface area contributed by atoms with Gasteiger partial charge < -0.3 is 15.5 Å². The first kappa shape index (κ1) is 13.6. The molecule has 0 atom stereocenters. The first-order chi connectivity index (χ1) is 10.0. The molecule has 1 saturated carbocycles. The third-order valence-electron chi connectivity index (χ3n) is 3.24. The summed E-state index contributed by atoms with van der Waals surface area (Å²) in [5.74, 6) is -0.248. The van der Waals surface area contributed by atoms with Gasteiger partial charge in [0.2, 0.25) is 5.89 Å². The Hall–Kier alpha value is -2.33. The predicted octanol–water partition coefficient (Wildman–Crippen LogP) is 2.06. The zero-order chi connectivity index (χ0) is 15.0. The Bertz CT molecular complexity index is 799. The highest BCUT2D eigenvalue weighted by atomic mass is 79.9. The molecule has 3 N–H and O–H groups in total. The minimum Gasteiger partial charge on any atom is -0.435 e. The molecule has 21 heavy (non-hydrogen) atoms. The average Bonchev–Trinajstić information content (AvgIpc) is 3.10. The summed E-state index contributed by atoms with van der Waals surface area (Å²) in [6, 6.07) is 7.54. The molecule has 1 amide bonds. The van der Waals surface area contributed by atoms with Crippen LogP contribution in [0.25, 0.3) is 17.2 Å². The SMILES string of the molecule is N#CC1(NC(=O)C(N)=Cc2nc3cccc(Br)c3o2)CC1. The van der Waals surface area contributed by atoms with Crippen LogP contribution in [-0.4, -0.2) is 16.4 Å². The van der Waals surface area contributed by atoms with E-state index >= 15 is 0 Å². The summed E-state index contributed by atoms with van der Waals surface area (Å²) in [5, 5.41) is 11.6. The molecule has 106 valence electrons. The van der Waals surface area contributed by atoms with Crippen molar-refractivity contribution in [1.29, 1.82) is 5.26 Å². The van der Waals surface area contributed by atoms with Crippen LogP contribution in [0.5, 0.6) is 0 Å². The number of halogens is 1. The quantitative estimate of drug-likeness (QED) is 0.827. The number of para-hydroxylation sites is 1. The third kappa shape index (κ3) is 2.62. The van der Waals surface area contributed by atoms with Crippen LogP contribution in [0.15, 0.2) is 32.8 Å². The molecule has 1 aliphatic rings. The normalized spacial score (nSPS) is 16.5. The van der Waals surface area contributed by atoms with Gasteiger partial charge in [0.15, 0.2) is 5.58 Å². The van der Waals surface area contributed by atoms with Crippen LogP contribution in [0.2, 0.25) is 0 Å². The number of carbonyl (C=O) groups is 1. The molecule has 0 spiro atoms. The van der Waals surface area contributed by atoms with Gasteiger partial charge in [0.1, 0.15) is 16.8 Å². The van der Waals surface area contributed by atoms with Crippen LogP contribution in [-0.2, 0) is 4.79 Å². The van der Waals surface area contributed by atoms with Gasteiger partial charge in [-0.05, 0) is 40.9 Å². The number of nitrogens with two attached hydrogens (primary N) is 1. The number of nitriles is 1. The molecular weight excluding hydrogens is 336 g/mol. The predicted molar refractivity (Wildman–Crippen MR) is 79.6 cm³/mol. The van der Waals surface area contributed by atoms with Crippen molar-refractivity contribution < 1.29 is 9.21 Å². The molecule has 0 aliphatic heterocycles. The summed E-state index contributed by atoms with van der Waals surface area (Å²) < 4.78 is 6.31. The van der Waals surface area contributed by atoms with Crippen LogP contribution < -0.4 is 11.1 Å². The number of nitrogens with zero attached hydrogens (tertiary/aromatic N) is 2. The fourth-order valence-electron chi connectivity index (χ4n) is 1.87. The second-order valence-corrected chi connectivity index (χ2v) is 5.74. The van der Waals surface area contributed by atoms with Crippen molar-refractivity contribution in [2.75, 3.05) is 0 Å². The Morgan fingerprint density at radius 1 is 1.57 bits per heavy atom. The van der Waals surface area contributed by atoms with E-state index in [2.05, 4.69) is 32.3 Å². The number of rotatable bonds is 3. The minimum atomic E-state index is -0.750. The van der Waals surface area contributed by atoms with E-state index in [1.54, 1.807) is 6.07 Å². The highest BCUT2D eigenvalue weighted by Gasteiger charge is 2.44. The van der Waals surface area contributed by atoms with E-state index in [0.717, 1.165) is 4.47 Å². The second kappa shape index (κ2) is 4.90. The Kier molecular flexibility index (Phi) is 3.18. The molecule has 0 bridgehead atoms. The molecule has 1 heterocycles. The summed E-state index contributed by atoms with van der Waals surface area (Å²) in [5.41, 5.74) is 6.19. The number of fused-ring (bicyclic) bond motifs is 1. The van der Waals surface area contributed by atoms with Crippen molar-refractivity contribution in [2.24, 2.45) is 5.73 Å². The number of hydrogen-bond acceptors (Lipinski definition) is 5. The molecule has 6 nitrogen and oxygen atoms in total. The van der Waals surface area contributed by atoms with Gasteiger partial charge in [-0.1, -0.05) is 6.07 Å². The highest BCUT2D eigenvalue weighted by molar-refractivity contribution is 9.10. The van der Waals surface area contributed by atoms with E-state index < -0.39 is 11.4 Å². The van der Waals surface area contributed by atoms with Crippen LogP contribution in [0.3, 0.4) is 0 Å². The van der Waals surface area contributed by atoms with Crippen LogP contribution in [0.1, 0.15) is 18.7 Å². The first-order valence-electron chi connectivity index (χ1n) is 6.29. The third-order valence-corrected chi connectivity index (χ3v) is 3.87. The molecule has 2 aromatic rings. The molecular formula is C14H11BrN4O2. The summed E-state index contributed by atoms with van der Waals surface area (Å²) >= 11 is 3.36. The maximum Gasteiger partial charge on any atom is 0.268 e. The molecule has 1 aliphatic carbocycles. The average molecular weight is 347 g/mol. The van der Waals surface area contributed by atoms with Crippen molar-refractivity contribution >= 4 is 39.0 Å².